The summed E-state index contributed by atoms with van der Waals surface area (Å²) in [6.45, 7) is -0.235. The number of carbonyl (C=O) groups is 1. The van der Waals surface area contributed by atoms with E-state index in [0.717, 1.165) is 6.20 Å². The minimum atomic E-state index is -3.78. The molecule has 3 N–H and O–H groups in total. The van der Waals surface area contributed by atoms with Gasteiger partial charge in [-0.3, -0.25) is 4.79 Å². The zero-order valence-electron chi connectivity index (χ0n) is 10.4. The monoisotopic (exact) mass is 295 g/mol. The number of hydrogen-bond donors (Lipinski definition) is 3. The second-order valence-electron chi connectivity index (χ2n) is 4.07. The summed E-state index contributed by atoms with van der Waals surface area (Å²) in [5, 5.41) is 9.10. The molecule has 2 aromatic rings. The summed E-state index contributed by atoms with van der Waals surface area (Å²) < 4.78 is 26.0. The second-order valence-corrected chi connectivity index (χ2v) is 5.80. The third-order valence-electron chi connectivity index (χ3n) is 2.74. The van der Waals surface area contributed by atoms with Crippen molar-refractivity contribution in [2.45, 2.75) is 10.9 Å². The molecule has 20 heavy (non-hydrogen) atoms. The first kappa shape index (κ1) is 14.2. The van der Waals surface area contributed by atoms with Gasteiger partial charge in [-0.1, -0.05) is 30.3 Å². The molecule has 106 valence electrons. The number of benzene rings is 1. The molecule has 1 unspecified atom stereocenters. The third kappa shape index (κ3) is 3.22. The molecule has 0 aliphatic carbocycles. The van der Waals surface area contributed by atoms with Gasteiger partial charge < -0.3 is 10.1 Å². The molecule has 0 aliphatic heterocycles. The van der Waals surface area contributed by atoms with Crippen LogP contribution in [-0.4, -0.2) is 36.0 Å². The fraction of sp³-hybridized carbons (Fsp3) is 0.167. The SMILES string of the molecule is O=C(O)C(CNS(=O)(=O)c1cnc[nH]1)c1ccccc1. The van der Waals surface area contributed by atoms with Crippen LogP contribution in [0.1, 0.15) is 11.5 Å². The number of carboxylic acids is 1. The highest BCUT2D eigenvalue weighted by molar-refractivity contribution is 7.89. The van der Waals surface area contributed by atoms with Crippen LogP contribution in [0.2, 0.25) is 0 Å². The fourth-order valence-corrected chi connectivity index (χ4v) is 2.64. The van der Waals surface area contributed by atoms with Gasteiger partial charge in [0.05, 0.1) is 18.4 Å². The maximum atomic E-state index is 11.9. The van der Waals surface area contributed by atoms with E-state index < -0.39 is 21.9 Å². The third-order valence-corrected chi connectivity index (χ3v) is 4.09. The van der Waals surface area contributed by atoms with Crippen molar-refractivity contribution in [2.24, 2.45) is 0 Å². The van der Waals surface area contributed by atoms with Gasteiger partial charge in [0.2, 0.25) is 0 Å². The van der Waals surface area contributed by atoms with Crippen molar-refractivity contribution in [1.82, 2.24) is 14.7 Å². The van der Waals surface area contributed by atoms with Crippen molar-refractivity contribution < 1.29 is 18.3 Å². The van der Waals surface area contributed by atoms with E-state index in [0.29, 0.717) is 5.56 Å². The summed E-state index contributed by atoms with van der Waals surface area (Å²) in [6.07, 6.45) is 2.39. The molecule has 1 aromatic carbocycles. The van der Waals surface area contributed by atoms with Gasteiger partial charge >= 0.3 is 5.97 Å². The van der Waals surface area contributed by atoms with E-state index in [9.17, 15) is 18.3 Å². The summed E-state index contributed by atoms with van der Waals surface area (Å²) in [6, 6.07) is 8.45. The van der Waals surface area contributed by atoms with E-state index in [-0.39, 0.29) is 11.6 Å². The van der Waals surface area contributed by atoms with Gasteiger partial charge in [0, 0.05) is 6.54 Å². The Labute approximate surface area is 115 Å². The normalized spacial score (nSPS) is 13.0. The predicted molar refractivity (Wildman–Crippen MR) is 70.6 cm³/mol. The largest absolute Gasteiger partial charge is 0.481 e. The lowest BCUT2D eigenvalue weighted by molar-refractivity contribution is -0.138. The Morgan fingerprint density at radius 3 is 2.60 bits per heavy atom. The van der Waals surface area contributed by atoms with Gasteiger partial charge in [0.25, 0.3) is 10.0 Å². The average molecular weight is 295 g/mol. The number of nitrogens with zero attached hydrogens (tertiary/aromatic N) is 1. The number of rotatable bonds is 6. The molecule has 0 fully saturated rings. The standard InChI is InChI=1S/C12H13N3O4S/c16-12(17)10(9-4-2-1-3-5-9)6-15-20(18,19)11-7-13-8-14-11/h1-5,7-8,10,15H,6H2,(H,13,14)(H,16,17). The Kier molecular flexibility index (Phi) is 4.16. The lowest BCUT2D eigenvalue weighted by Gasteiger charge is -2.13. The lowest BCUT2D eigenvalue weighted by atomic mass is 10.00. The number of H-pyrrole nitrogens is 1. The molecular weight excluding hydrogens is 282 g/mol. The van der Waals surface area contributed by atoms with Crippen LogP contribution in [-0.2, 0) is 14.8 Å². The van der Waals surface area contributed by atoms with Crippen LogP contribution in [0, 0.1) is 0 Å². The number of hydrogen-bond acceptors (Lipinski definition) is 4. The van der Waals surface area contributed by atoms with Crippen LogP contribution in [0.5, 0.6) is 0 Å². The molecule has 0 saturated heterocycles. The maximum Gasteiger partial charge on any atom is 0.312 e. The Hall–Kier alpha value is -2.19. The molecule has 1 atom stereocenters. The van der Waals surface area contributed by atoms with Crippen molar-refractivity contribution in [1.29, 1.82) is 0 Å². The minimum Gasteiger partial charge on any atom is -0.481 e. The van der Waals surface area contributed by atoms with E-state index in [2.05, 4.69) is 14.7 Å². The number of aromatic amines is 1. The average Bonchev–Trinajstić information content (AvgIpc) is 2.94. The van der Waals surface area contributed by atoms with Crippen LogP contribution < -0.4 is 4.72 Å². The van der Waals surface area contributed by atoms with Gasteiger partial charge in [-0.05, 0) is 5.56 Å². The number of aliphatic carboxylic acids is 1. The van der Waals surface area contributed by atoms with E-state index in [1.165, 1.54) is 6.33 Å². The highest BCUT2D eigenvalue weighted by Crippen LogP contribution is 2.15. The van der Waals surface area contributed by atoms with Gasteiger partial charge in [-0.2, -0.15) is 0 Å². The first-order valence-corrected chi connectivity index (χ1v) is 7.25. The first-order valence-electron chi connectivity index (χ1n) is 5.76. The molecule has 0 bridgehead atoms. The Morgan fingerprint density at radius 2 is 2.05 bits per heavy atom. The Morgan fingerprint density at radius 1 is 1.35 bits per heavy atom. The van der Waals surface area contributed by atoms with Crippen molar-refractivity contribution in [3.63, 3.8) is 0 Å². The van der Waals surface area contributed by atoms with Gasteiger partial charge in [0.1, 0.15) is 0 Å². The van der Waals surface area contributed by atoms with Crippen LogP contribution in [0.3, 0.4) is 0 Å². The minimum absolute atomic E-state index is 0.102. The van der Waals surface area contributed by atoms with Crippen molar-refractivity contribution in [2.75, 3.05) is 6.54 Å². The zero-order valence-corrected chi connectivity index (χ0v) is 11.2. The van der Waals surface area contributed by atoms with Crippen LogP contribution >= 0.6 is 0 Å². The quantitative estimate of drug-likeness (QED) is 0.720. The van der Waals surface area contributed by atoms with Crippen LogP contribution in [0.15, 0.2) is 47.9 Å². The van der Waals surface area contributed by atoms with Gasteiger partial charge in [-0.25, -0.2) is 18.1 Å². The molecule has 1 aromatic heterocycles. The van der Waals surface area contributed by atoms with Gasteiger partial charge in [-0.15, -0.1) is 0 Å². The fourth-order valence-electron chi connectivity index (χ4n) is 1.69. The Balaban J connectivity index is 2.13. The molecule has 0 aliphatic rings. The zero-order chi connectivity index (χ0) is 14.6. The predicted octanol–water partition coefficient (Wildman–Crippen LogP) is 0.556. The van der Waals surface area contributed by atoms with E-state index >= 15 is 0 Å². The summed E-state index contributed by atoms with van der Waals surface area (Å²) in [5.74, 6) is -2.04. The highest BCUT2D eigenvalue weighted by Gasteiger charge is 2.23. The molecule has 0 spiro atoms. The molecule has 7 nitrogen and oxygen atoms in total. The number of nitrogens with one attached hydrogen (secondary N) is 2. The van der Waals surface area contributed by atoms with Crippen molar-refractivity contribution >= 4 is 16.0 Å². The molecule has 1 heterocycles. The summed E-state index contributed by atoms with van der Waals surface area (Å²) in [7, 11) is -3.78. The molecule has 0 saturated carbocycles. The number of sulfonamides is 1. The topological polar surface area (TPSA) is 112 Å². The summed E-state index contributed by atoms with van der Waals surface area (Å²) in [4.78, 5) is 17.3. The highest BCUT2D eigenvalue weighted by atomic mass is 32.2. The van der Waals surface area contributed by atoms with Crippen molar-refractivity contribution in [3.8, 4) is 0 Å². The number of imidazole rings is 1. The Bertz CT molecular complexity index is 668. The molecule has 2 rings (SSSR count). The van der Waals surface area contributed by atoms with Crippen LogP contribution in [0.4, 0.5) is 0 Å². The number of carboxylic acid groups (broad SMARTS) is 1. The summed E-state index contributed by atoms with van der Waals surface area (Å²) >= 11 is 0. The van der Waals surface area contributed by atoms with E-state index in [1.807, 2.05) is 0 Å². The van der Waals surface area contributed by atoms with Gasteiger partial charge in [0.15, 0.2) is 5.03 Å². The van der Waals surface area contributed by atoms with Crippen molar-refractivity contribution in [3.05, 3.63) is 48.4 Å². The lowest BCUT2D eigenvalue weighted by Crippen LogP contribution is -2.32. The molecule has 8 heteroatoms. The van der Waals surface area contributed by atoms with Crippen LogP contribution in [0.25, 0.3) is 0 Å². The molecule has 0 radical (unpaired) electrons. The maximum absolute atomic E-state index is 11.9. The molecule has 0 amide bonds. The smallest absolute Gasteiger partial charge is 0.312 e. The van der Waals surface area contributed by atoms with E-state index in [1.54, 1.807) is 30.3 Å². The first-order chi connectivity index (χ1) is 9.50. The second kappa shape index (κ2) is 5.85. The number of aromatic nitrogens is 2. The van der Waals surface area contributed by atoms with E-state index in [4.69, 9.17) is 0 Å². The summed E-state index contributed by atoms with van der Waals surface area (Å²) in [5.41, 5.74) is 0.535. The molecular formula is C12H13N3O4S.